The molecule has 0 saturated carbocycles. The molecule has 2 aliphatic rings. The Bertz CT molecular complexity index is 970. The van der Waals surface area contributed by atoms with Crippen molar-refractivity contribution < 1.29 is 9.53 Å². The van der Waals surface area contributed by atoms with E-state index in [1.807, 2.05) is 60.3 Å². The second kappa shape index (κ2) is 12.1. The normalized spacial score (nSPS) is 22.6. The van der Waals surface area contributed by atoms with Crippen molar-refractivity contribution in [2.75, 3.05) is 53.4 Å². The van der Waals surface area contributed by atoms with E-state index in [1.165, 1.54) is 4.90 Å². The lowest BCUT2D eigenvalue weighted by Crippen LogP contribution is -2.47. The molecule has 0 radical (unpaired) electrons. The van der Waals surface area contributed by atoms with Gasteiger partial charge >= 0.3 is 0 Å². The third-order valence-corrected chi connectivity index (χ3v) is 7.97. The van der Waals surface area contributed by atoms with Crippen molar-refractivity contribution in [2.45, 2.75) is 29.0 Å². The number of benzene rings is 2. The Labute approximate surface area is 212 Å². The van der Waals surface area contributed by atoms with E-state index in [2.05, 4.69) is 33.9 Å². The van der Waals surface area contributed by atoms with E-state index < -0.39 is 0 Å². The first-order valence-corrected chi connectivity index (χ1v) is 13.2. The van der Waals surface area contributed by atoms with E-state index in [9.17, 15) is 4.79 Å². The molecule has 4 rings (SSSR count). The first-order chi connectivity index (χ1) is 16.5. The first kappa shape index (κ1) is 25.1. The van der Waals surface area contributed by atoms with Crippen molar-refractivity contribution in [3.8, 4) is 5.75 Å². The number of ether oxygens (including phenoxy) is 1. The fourth-order valence-electron chi connectivity index (χ4n) is 4.67. The number of likely N-dealkylation sites (tertiary alicyclic amines) is 1. The van der Waals surface area contributed by atoms with Gasteiger partial charge in [-0.05, 0) is 62.3 Å². The average molecular weight is 500 g/mol. The topological polar surface area (TPSA) is 36.0 Å². The number of halogens is 1. The Morgan fingerprint density at radius 3 is 2.59 bits per heavy atom. The van der Waals surface area contributed by atoms with Crippen LogP contribution in [0.4, 0.5) is 0 Å². The summed E-state index contributed by atoms with van der Waals surface area (Å²) in [7, 11) is 3.81. The molecule has 1 amide bonds. The molecule has 2 aliphatic heterocycles. The lowest BCUT2D eigenvalue weighted by molar-refractivity contribution is -0.135. The number of nitrogens with zero attached hydrogens (tertiary/aromatic N) is 3. The van der Waals surface area contributed by atoms with E-state index in [1.54, 1.807) is 7.11 Å². The lowest BCUT2D eigenvalue weighted by atomic mass is 10.1. The van der Waals surface area contributed by atoms with Gasteiger partial charge in [0.15, 0.2) is 0 Å². The molecule has 2 saturated heterocycles. The molecule has 0 spiro atoms. The van der Waals surface area contributed by atoms with E-state index in [0.717, 1.165) is 61.9 Å². The summed E-state index contributed by atoms with van der Waals surface area (Å²) in [6.45, 7) is 5.01. The molecule has 0 aromatic heterocycles. The highest BCUT2D eigenvalue weighted by atomic mass is 35.5. The van der Waals surface area contributed by atoms with E-state index in [4.69, 9.17) is 16.3 Å². The van der Waals surface area contributed by atoms with Gasteiger partial charge in [0, 0.05) is 47.9 Å². The summed E-state index contributed by atoms with van der Waals surface area (Å²) in [4.78, 5) is 21.5. The number of amides is 1. The Balaban J connectivity index is 1.48. The van der Waals surface area contributed by atoms with Gasteiger partial charge in [-0.25, -0.2) is 0 Å². The van der Waals surface area contributed by atoms with E-state index >= 15 is 0 Å². The van der Waals surface area contributed by atoms with Crippen molar-refractivity contribution in [3.63, 3.8) is 0 Å². The van der Waals surface area contributed by atoms with Crippen LogP contribution in [0.1, 0.15) is 18.4 Å². The molecule has 2 atom stereocenters. The molecule has 34 heavy (non-hydrogen) atoms. The van der Waals surface area contributed by atoms with Crippen molar-refractivity contribution in [2.24, 2.45) is 0 Å². The van der Waals surface area contributed by atoms with Gasteiger partial charge in [0.05, 0.1) is 13.2 Å². The van der Waals surface area contributed by atoms with Crippen LogP contribution in [0.15, 0.2) is 64.5 Å². The van der Waals surface area contributed by atoms with Crippen molar-refractivity contribution in [1.82, 2.24) is 14.7 Å². The number of carbonyl (C=O) groups is 1. The zero-order valence-electron chi connectivity index (χ0n) is 20.0. The van der Waals surface area contributed by atoms with E-state index in [0.29, 0.717) is 11.8 Å². The van der Waals surface area contributed by atoms with Crippen LogP contribution in [0, 0.1) is 0 Å². The van der Waals surface area contributed by atoms with Gasteiger partial charge in [-0.2, -0.15) is 0 Å². The molecule has 2 heterocycles. The van der Waals surface area contributed by atoms with Gasteiger partial charge in [-0.3, -0.25) is 9.69 Å². The van der Waals surface area contributed by atoms with Crippen molar-refractivity contribution in [1.29, 1.82) is 0 Å². The maximum absolute atomic E-state index is 13.7. The maximum Gasteiger partial charge on any atom is 0.240 e. The number of methoxy groups -OCH3 is 1. The molecule has 0 N–H and O–H groups in total. The van der Waals surface area contributed by atoms with Crippen LogP contribution in [0.2, 0.25) is 0 Å². The number of hydrogen-bond acceptors (Lipinski definition) is 5. The van der Waals surface area contributed by atoms with E-state index in [-0.39, 0.29) is 11.9 Å². The van der Waals surface area contributed by atoms with Crippen molar-refractivity contribution in [3.05, 3.63) is 65.2 Å². The van der Waals surface area contributed by atoms with Crippen LogP contribution < -0.4 is 4.74 Å². The highest BCUT2D eigenvalue weighted by Gasteiger charge is 2.39. The standard InChI is InChI=1S/C27H34ClN3O2S/c1-29-13-6-14-30(16-15-29)27(32)26-18-25(34-24-11-9-23(33-2)10-12-24)20-31(26)19-22(28)17-21-7-4-3-5-8-21/h3-5,7-12,17,25-26H,6,13-16,18-20H2,1-2H3/b22-17-/t25-,26+/m1/s1. The number of thioether (sulfide) groups is 1. The predicted molar refractivity (Wildman–Crippen MR) is 142 cm³/mol. The van der Waals surface area contributed by atoms with Gasteiger partial charge < -0.3 is 14.5 Å². The molecule has 2 aromatic rings. The van der Waals surface area contributed by atoms with Crippen molar-refractivity contribution >= 4 is 35.3 Å². The predicted octanol–water partition coefficient (Wildman–Crippen LogP) is 4.67. The van der Waals surface area contributed by atoms with Gasteiger partial charge in [0.1, 0.15) is 5.75 Å². The number of likely N-dealkylation sites (N-methyl/N-ethyl adjacent to an activating group) is 1. The fraction of sp³-hybridized carbons (Fsp3) is 0.444. The molecule has 2 fully saturated rings. The maximum atomic E-state index is 13.7. The number of hydrogen-bond donors (Lipinski definition) is 0. The highest BCUT2D eigenvalue weighted by Crippen LogP contribution is 2.35. The van der Waals surface area contributed by atoms with Crippen LogP contribution in [-0.4, -0.2) is 85.3 Å². The monoisotopic (exact) mass is 499 g/mol. The second-order valence-corrected chi connectivity index (χ2v) is 10.9. The highest BCUT2D eigenvalue weighted by molar-refractivity contribution is 8.00. The number of rotatable bonds is 7. The quantitative estimate of drug-likeness (QED) is 0.553. The van der Waals surface area contributed by atoms with Crippen LogP contribution in [-0.2, 0) is 4.79 Å². The zero-order valence-corrected chi connectivity index (χ0v) is 21.6. The van der Waals surface area contributed by atoms with Crippen LogP contribution in [0.3, 0.4) is 0 Å². The summed E-state index contributed by atoms with van der Waals surface area (Å²) < 4.78 is 5.29. The van der Waals surface area contributed by atoms with Gasteiger partial charge in [0.25, 0.3) is 0 Å². The van der Waals surface area contributed by atoms with Crippen LogP contribution in [0.5, 0.6) is 5.75 Å². The summed E-state index contributed by atoms with van der Waals surface area (Å²) in [6.07, 6.45) is 3.86. The molecule has 2 aromatic carbocycles. The Morgan fingerprint density at radius 2 is 1.85 bits per heavy atom. The average Bonchev–Trinajstić information content (AvgIpc) is 3.09. The van der Waals surface area contributed by atoms with Gasteiger partial charge in [0.2, 0.25) is 5.91 Å². The molecule has 0 unspecified atom stereocenters. The van der Waals surface area contributed by atoms with Crippen LogP contribution >= 0.6 is 23.4 Å². The summed E-state index contributed by atoms with van der Waals surface area (Å²) in [5.74, 6) is 1.10. The minimum atomic E-state index is -0.142. The first-order valence-electron chi connectivity index (χ1n) is 11.9. The number of carbonyl (C=O) groups excluding carboxylic acids is 1. The minimum absolute atomic E-state index is 0.142. The molecular weight excluding hydrogens is 466 g/mol. The third kappa shape index (κ3) is 6.79. The zero-order chi connectivity index (χ0) is 23.9. The molecule has 5 nitrogen and oxygen atoms in total. The summed E-state index contributed by atoms with van der Waals surface area (Å²) in [5.41, 5.74) is 1.08. The second-order valence-electron chi connectivity index (χ2n) is 9.08. The Kier molecular flexibility index (Phi) is 8.95. The third-order valence-electron chi connectivity index (χ3n) is 6.52. The summed E-state index contributed by atoms with van der Waals surface area (Å²) >= 11 is 8.54. The Morgan fingerprint density at radius 1 is 1.09 bits per heavy atom. The SMILES string of the molecule is COc1ccc(S[C@@H]2C[C@@H](C(=O)N3CCCN(C)CC3)N(C/C(Cl)=C/c3ccccc3)C2)cc1. The van der Waals surface area contributed by atoms with Gasteiger partial charge in [-0.15, -0.1) is 11.8 Å². The smallest absolute Gasteiger partial charge is 0.240 e. The minimum Gasteiger partial charge on any atom is -0.497 e. The molecule has 0 bridgehead atoms. The molecule has 182 valence electrons. The summed E-state index contributed by atoms with van der Waals surface area (Å²) in [5, 5.41) is 1.09. The molecule has 7 heteroatoms. The lowest BCUT2D eigenvalue weighted by Gasteiger charge is -2.29. The molecule has 0 aliphatic carbocycles. The van der Waals surface area contributed by atoms with Crippen LogP contribution in [0.25, 0.3) is 6.08 Å². The van der Waals surface area contributed by atoms with Gasteiger partial charge in [-0.1, -0.05) is 41.9 Å². The summed E-state index contributed by atoms with van der Waals surface area (Å²) in [6, 6.07) is 18.1. The Hall–Kier alpha value is -1.99. The fourth-order valence-corrected chi connectivity index (χ4v) is 6.17. The molecular formula is C27H34ClN3O2S. The largest absolute Gasteiger partial charge is 0.497 e.